The Balaban J connectivity index is 1.61. The summed E-state index contributed by atoms with van der Waals surface area (Å²) in [5, 5.41) is 14.4. The zero-order chi connectivity index (χ0) is 16.4. The summed E-state index contributed by atoms with van der Waals surface area (Å²) in [7, 11) is 0. The van der Waals surface area contributed by atoms with Crippen molar-refractivity contribution in [1.82, 2.24) is 9.88 Å². The largest absolute Gasteiger partial charge is 0.368 e. The molecule has 0 bridgehead atoms. The first-order chi connectivity index (χ1) is 11.0. The molecule has 2 heterocycles. The van der Waals surface area contributed by atoms with Crippen LogP contribution in [-0.4, -0.2) is 41.0 Å². The van der Waals surface area contributed by atoms with E-state index in [-0.39, 0.29) is 5.69 Å². The van der Waals surface area contributed by atoms with Crippen molar-refractivity contribution in [1.29, 1.82) is 0 Å². The van der Waals surface area contributed by atoms with Crippen molar-refractivity contribution in [3.05, 3.63) is 49.4 Å². The van der Waals surface area contributed by atoms with E-state index in [4.69, 9.17) is 11.6 Å². The monoisotopic (exact) mass is 352 g/mol. The third-order valence-corrected chi connectivity index (χ3v) is 5.03. The van der Waals surface area contributed by atoms with E-state index in [2.05, 4.69) is 20.2 Å². The summed E-state index contributed by atoms with van der Waals surface area (Å²) in [6.07, 6.45) is 0. The normalized spacial score (nSPS) is 15.8. The molecule has 1 aromatic carbocycles. The van der Waals surface area contributed by atoms with Crippen LogP contribution in [0.4, 0.5) is 11.4 Å². The number of anilines is 1. The molecule has 8 heteroatoms. The van der Waals surface area contributed by atoms with Crippen LogP contribution in [0, 0.1) is 17.0 Å². The van der Waals surface area contributed by atoms with Crippen molar-refractivity contribution >= 4 is 34.3 Å². The van der Waals surface area contributed by atoms with E-state index in [0.29, 0.717) is 5.02 Å². The summed E-state index contributed by atoms with van der Waals surface area (Å²) in [5.74, 6) is 0. The number of hydrogen-bond donors (Lipinski definition) is 0. The summed E-state index contributed by atoms with van der Waals surface area (Å²) >= 11 is 7.88. The number of aryl methyl sites for hydroxylation is 1. The van der Waals surface area contributed by atoms with Crippen molar-refractivity contribution in [3.8, 4) is 0 Å². The number of halogens is 1. The molecule has 0 aliphatic carbocycles. The van der Waals surface area contributed by atoms with E-state index in [1.54, 1.807) is 17.4 Å². The molecule has 1 aliphatic rings. The summed E-state index contributed by atoms with van der Waals surface area (Å²) in [5.41, 5.74) is 2.01. The quantitative estimate of drug-likeness (QED) is 0.623. The lowest BCUT2D eigenvalue weighted by Gasteiger charge is -2.36. The highest BCUT2D eigenvalue weighted by atomic mass is 35.5. The lowest BCUT2D eigenvalue weighted by molar-refractivity contribution is -0.384. The van der Waals surface area contributed by atoms with Gasteiger partial charge >= 0.3 is 0 Å². The second kappa shape index (κ2) is 6.82. The fraction of sp³-hybridized carbons (Fsp3) is 0.400. The van der Waals surface area contributed by atoms with Gasteiger partial charge in [-0.2, -0.15) is 0 Å². The Hall–Kier alpha value is -1.70. The number of aromatic nitrogens is 1. The van der Waals surface area contributed by atoms with Gasteiger partial charge in [-0.1, -0.05) is 11.6 Å². The Kier molecular flexibility index (Phi) is 4.79. The van der Waals surface area contributed by atoms with E-state index < -0.39 is 4.92 Å². The highest BCUT2D eigenvalue weighted by Gasteiger charge is 2.21. The Morgan fingerprint density at radius 1 is 1.35 bits per heavy atom. The van der Waals surface area contributed by atoms with Crippen LogP contribution in [-0.2, 0) is 6.54 Å². The van der Waals surface area contributed by atoms with Crippen molar-refractivity contribution in [2.75, 3.05) is 31.1 Å². The summed E-state index contributed by atoms with van der Waals surface area (Å²) in [6.45, 7) is 6.42. The number of nitro benzene ring substituents is 1. The molecule has 0 unspecified atom stereocenters. The van der Waals surface area contributed by atoms with Crippen LogP contribution in [0.2, 0.25) is 5.02 Å². The van der Waals surface area contributed by atoms with Gasteiger partial charge in [0.25, 0.3) is 5.69 Å². The molecule has 1 fully saturated rings. The number of hydrogen-bond acceptors (Lipinski definition) is 6. The maximum atomic E-state index is 10.8. The lowest BCUT2D eigenvalue weighted by atomic mass is 10.2. The molecular formula is C15H17ClN4O2S. The molecule has 122 valence electrons. The maximum Gasteiger partial charge on any atom is 0.271 e. The van der Waals surface area contributed by atoms with Gasteiger partial charge in [0.05, 0.1) is 26.3 Å². The second-order valence-corrected chi connectivity index (χ2v) is 6.98. The van der Waals surface area contributed by atoms with Crippen molar-refractivity contribution in [2.45, 2.75) is 13.5 Å². The van der Waals surface area contributed by atoms with Crippen LogP contribution in [0.1, 0.15) is 10.7 Å². The molecule has 0 N–H and O–H groups in total. The molecule has 3 rings (SSSR count). The van der Waals surface area contributed by atoms with Crippen LogP contribution in [0.3, 0.4) is 0 Å². The van der Waals surface area contributed by atoms with Crippen LogP contribution >= 0.6 is 22.9 Å². The standard InChI is InChI=1S/C15H17ClN4O2S/c1-11-17-12(10-23-11)9-18-4-6-19(7-5-18)15-3-2-13(20(21)22)8-14(15)16/h2-3,8,10H,4-7,9H2,1H3. The minimum absolute atomic E-state index is 0.0243. The average Bonchev–Trinajstić information content (AvgIpc) is 2.93. The molecule has 1 saturated heterocycles. The molecular weight excluding hydrogens is 336 g/mol. The van der Waals surface area contributed by atoms with Crippen molar-refractivity contribution < 1.29 is 4.92 Å². The predicted molar refractivity (Wildman–Crippen MR) is 92.4 cm³/mol. The van der Waals surface area contributed by atoms with Crippen LogP contribution in [0.5, 0.6) is 0 Å². The summed E-state index contributed by atoms with van der Waals surface area (Å²) < 4.78 is 0. The number of nitro groups is 1. The van der Waals surface area contributed by atoms with E-state index in [0.717, 1.165) is 49.1 Å². The Labute approximate surface area is 143 Å². The second-order valence-electron chi connectivity index (χ2n) is 5.51. The van der Waals surface area contributed by atoms with Gasteiger partial charge in [-0.15, -0.1) is 11.3 Å². The number of thiazole rings is 1. The molecule has 2 aromatic rings. The van der Waals surface area contributed by atoms with Crippen LogP contribution in [0.15, 0.2) is 23.6 Å². The smallest absolute Gasteiger partial charge is 0.271 e. The summed E-state index contributed by atoms with van der Waals surface area (Å²) in [4.78, 5) is 19.4. The lowest BCUT2D eigenvalue weighted by Crippen LogP contribution is -2.46. The first-order valence-corrected chi connectivity index (χ1v) is 8.61. The van der Waals surface area contributed by atoms with Crippen LogP contribution < -0.4 is 4.90 Å². The fourth-order valence-electron chi connectivity index (χ4n) is 2.72. The summed E-state index contributed by atoms with van der Waals surface area (Å²) in [6, 6.07) is 4.66. The van der Waals surface area contributed by atoms with Gasteiger partial charge in [0.2, 0.25) is 0 Å². The van der Waals surface area contributed by atoms with Crippen molar-refractivity contribution in [3.63, 3.8) is 0 Å². The van der Waals surface area contributed by atoms with Gasteiger partial charge in [-0.25, -0.2) is 4.98 Å². The molecule has 0 saturated carbocycles. The zero-order valence-electron chi connectivity index (χ0n) is 12.7. The molecule has 23 heavy (non-hydrogen) atoms. The maximum absolute atomic E-state index is 10.8. The van der Waals surface area contributed by atoms with Crippen LogP contribution in [0.25, 0.3) is 0 Å². The van der Waals surface area contributed by atoms with Gasteiger partial charge in [0, 0.05) is 50.2 Å². The number of rotatable bonds is 4. The number of piperazine rings is 1. The molecule has 1 aromatic heterocycles. The molecule has 0 atom stereocenters. The first kappa shape index (κ1) is 16.2. The van der Waals surface area contributed by atoms with Crippen molar-refractivity contribution in [2.24, 2.45) is 0 Å². The van der Waals surface area contributed by atoms with Gasteiger partial charge in [0.1, 0.15) is 0 Å². The predicted octanol–water partition coefficient (Wildman–Crippen LogP) is 3.34. The molecule has 1 aliphatic heterocycles. The Morgan fingerprint density at radius 3 is 2.65 bits per heavy atom. The Morgan fingerprint density at radius 2 is 2.09 bits per heavy atom. The highest BCUT2D eigenvalue weighted by Crippen LogP contribution is 2.30. The molecule has 0 spiro atoms. The minimum Gasteiger partial charge on any atom is -0.368 e. The van der Waals surface area contributed by atoms with E-state index >= 15 is 0 Å². The van der Waals surface area contributed by atoms with E-state index in [9.17, 15) is 10.1 Å². The zero-order valence-corrected chi connectivity index (χ0v) is 14.3. The van der Waals surface area contributed by atoms with Gasteiger partial charge in [-0.05, 0) is 13.0 Å². The van der Waals surface area contributed by atoms with E-state index in [1.807, 2.05) is 6.92 Å². The third-order valence-electron chi connectivity index (χ3n) is 3.91. The molecule has 0 amide bonds. The van der Waals surface area contributed by atoms with Gasteiger partial charge < -0.3 is 4.90 Å². The number of nitrogens with zero attached hydrogens (tertiary/aromatic N) is 4. The SMILES string of the molecule is Cc1nc(CN2CCN(c3ccc([N+](=O)[O-])cc3Cl)CC2)cs1. The number of non-ortho nitro benzene ring substituents is 1. The minimum atomic E-state index is -0.427. The van der Waals surface area contributed by atoms with E-state index in [1.165, 1.54) is 12.1 Å². The fourth-order valence-corrected chi connectivity index (χ4v) is 3.62. The van der Waals surface area contributed by atoms with Gasteiger partial charge in [0.15, 0.2) is 0 Å². The third kappa shape index (κ3) is 3.80. The average molecular weight is 353 g/mol. The highest BCUT2D eigenvalue weighted by molar-refractivity contribution is 7.09. The molecule has 6 nitrogen and oxygen atoms in total. The molecule has 0 radical (unpaired) electrons. The first-order valence-electron chi connectivity index (χ1n) is 7.35. The number of benzene rings is 1. The van der Waals surface area contributed by atoms with Gasteiger partial charge in [-0.3, -0.25) is 15.0 Å². The topological polar surface area (TPSA) is 62.5 Å². The Bertz CT molecular complexity index is 713.